The van der Waals surface area contributed by atoms with Crippen molar-refractivity contribution in [3.63, 3.8) is 0 Å². The maximum Gasteiger partial charge on any atom is 0.274 e. The number of hydrogen-bond acceptors (Lipinski definition) is 5. The van der Waals surface area contributed by atoms with Crippen molar-refractivity contribution in [2.75, 3.05) is 0 Å². The summed E-state index contributed by atoms with van der Waals surface area (Å²) in [5, 5.41) is 7.86. The molecule has 0 unspecified atom stereocenters. The minimum Gasteiger partial charge on any atom is -0.360 e. The summed E-state index contributed by atoms with van der Waals surface area (Å²) in [5.74, 6) is 0.740. The second kappa shape index (κ2) is 5.75. The summed E-state index contributed by atoms with van der Waals surface area (Å²) in [6, 6.07) is 0. The maximum atomic E-state index is 12.2. The third-order valence-electron chi connectivity index (χ3n) is 3.51. The molecular weight excluding hydrogens is 274 g/mol. The molecule has 0 bridgehead atoms. The normalized spacial score (nSPS) is 14.7. The van der Waals surface area contributed by atoms with E-state index >= 15 is 0 Å². The largest absolute Gasteiger partial charge is 0.360 e. The Morgan fingerprint density at radius 3 is 3.05 bits per heavy atom. The Balaban J connectivity index is 1.69. The van der Waals surface area contributed by atoms with Gasteiger partial charge in [-0.1, -0.05) is 11.6 Å². The Kier molecular flexibility index (Phi) is 3.82. The zero-order valence-corrected chi connectivity index (χ0v) is 12.3. The van der Waals surface area contributed by atoms with E-state index in [4.69, 9.17) is 4.52 Å². The van der Waals surface area contributed by atoms with Gasteiger partial charge in [-0.05, 0) is 26.2 Å². The highest BCUT2D eigenvalue weighted by molar-refractivity contribution is 7.11. The van der Waals surface area contributed by atoms with E-state index in [1.165, 1.54) is 6.42 Å². The molecule has 3 rings (SSSR count). The number of carbonyl (C=O) groups is 1. The molecule has 0 atom stereocenters. The Morgan fingerprint density at radius 2 is 2.25 bits per heavy atom. The molecule has 5 nitrogen and oxygen atoms in total. The van der Waals surface area contributed by atoms with Crippen LogP contribution in [0.15, 0.2) is 10.7 Å². The molecule has 0 aliphatic heterocycles. The van der Waals surface area contributed by atoms with Crippen molar-refractivity contribution >= 4 is 17.2 Å². The third kappa shape index (κ3) is 2.75. The summed E-state index contributed by atoms with van der Waals surface area (Å²) < 4.78 is 5.32. The van der Waals surface area contributed by atoms with Crippen LogP contribution >= 0.6 is 11.3 Å². The quantitative estimate of drug-likeness (QED) is 0.883. The molecule has 2 aromatic heterocycles. The molecular formula is C14H17N3O2S. The molecule has 1 amide bonds. The van der Waals surface area contributed by atoms with Crippen LogP contribution in [-0.2, 0) is 19.4 Å². The van der Waals surface area contributed by atoms with Crippen LogP contribution in [0.2, 0.25) is 0 Å². The van der Waals surface area contributed by atoms with Crippen LogP contribution in [0.4, 0.5) is 0 Å². The van der Waals surface area contributed by atoms with Gasteiger partial charge in [-0.3, -0.25) is 4.79 Å². The van der Waals surface area contributed by atoms with Gasteiger partial charge in [-0.2, -0.15) is 0 Å². The average Bonchev–Trinajstić information content (AvgIpc) is 2.96. The molecule has 0 spiro atoms. The number of aryl methyl sites for hydroxylation is 2. The SMILES string of the molecule is Cc1ncc(CNC(=O)c2noc3c2CCCCC3)s1. The minimum absolute atomic E-state index is 0.150. The van der Waals surface area contributed by atoms with Crippen LogP contribution in [0.3, 0.4) is 0 Å². The van der Waals surface area contributed by atoms with Crippen molar-refractivity contribution in [2.24, 2.45) is 0 Å². The number of carbonyl (C=O) groups excluding carboxylic acids is 1. The first-order chi connectivity index (χ1) is 9.74. The van der Waals surface area contributed by atoms with Gasteiger partial charge >= 0.3 is 0 Å². The van der Waals surface area contributed by atoms with E-state index < -0.39 is 0 Å². The number of amides is 1. The van der Waals surface area contributed by atoms with E-state index in [-0.39, 0.29) is 5.91 Å². The van der Waals surface area contributed by atoms with Crippen molar-refractivity contribution in [3.05, 3.63) is 33.1 Å². The topological polar surface area (TPSA) is 68.0 Å². The minimum atomic E-state index is -0.150. The fraction of sp³-hybridized carbons (Fsp3) is 0.500. The lowest BCUT2D eigenvalue weighted by Gasteiger charge is -2.02. The molecule has 0 aromatic carbocycles. The molecule has 2 heterocycles. The van der Waals surface area contributed by atoms with Crippen LogP contribution in [-0.4, -0.2) is 16.0 Å². The van der Waals surface area contributed by atoms with Gasteiger partial charge in [0.25, 0.3) is 5.91 Å². The highest BCUT2D eigenvalue weighted by Crippen LogP contribution is 2.23. The molecule has 0 saturated heterocycles. The van der Waals surface area contributed by atoms with E-state index in [9.17, 15) is 4.79 Å². The summed E-state index contributed by atoms with van der Waals surface area (Å²) in [4.78, 5) is 17.4. The number of nitrogens with one attached hydrogen (secondary N) is 1. The number of rotatable bonds is 3. The third-order valence-corrected chi connectivity index (χ3v) is 4.42. The summed E-state index contributed by atoms with van der Waals surface area (Å²) in [6.07, 6.45) is 6.98. The van der Waals surface area contributed by atoms with Gasteiger partial charge in [-0.15, -0.1) is 11.3 Å². The lowest BCUT2D eigenvalue weighted by molar-refractivity contribution is 0.0941. The molecule has 1 aliphatic carbocycles. The Hall–Kier alpha value is -1.69. The van der Waals surface area contributed by atoms with E-state index in [1.54, 1.807) is 17.5 Å². The zero-order valence-electron chi connectivity index (χ0n) is 11.4. The maximum absolute atomic E-state index is 12.2. The highest BCUT2D eigenvalue weighted by atomic mass is 32.1. The highest BCUT2D eigenvalue weighted by Gasteiger charge is 2.22. The predicted molar refractivity (Wildman–Crippen MR) is 75.8 cm³/mol. The molecule has 1 aliphatic rings. The summed E-state index contributed by atoms with van der Waals surface area (Å²) in [7, 11) is 0. The lowest BCUT2D eigenvalue weighted by atomic mass is 10.1. The van der Waals surface area contributed by atoms with Gasteiger partial charge in [0, 0.05) is 23.1 Å². The number of thiazole rings is 1. The van der Waals surface area contributed by atoms with Gasteiger partial charge in [0.2, 0.25) is 0 Å². The van der Waals surface area contributed by atoms with Crippen LogP contribution < -0.4 is 5.32 Å². The van der Waals surface area contributed by atoms with E-state index in [1.807, 2.05) is 6.92 Å². The van der Waals surface area contributed by atoms with Crippen molar-refractivity contribution in [1.82, 2.24) is 15.5 Å². The van der Waals surface area contributed by atoms with Crippen molar-refractivity contribution in [3.8, 4) is 0 Å². The molecule has 0 saturated carbocycles. The van der Waals surface area contributed by atoms with Gasteiger partial charge in [-0.25, -0.2) is 4.98 Å². The summed E-state index contributed by atoms with van der Waals surface area (Å²) in [6.45, 7) is 2.44. The number of nitrogens with zero attached hydrogens (tertiary/aromatic N) is 2. The van der Waals surface area contributed by atoms with Crippen LogP contribution in [0.1, 0.15) is 51.0 Å². The number of aromatic nitrogens is 2. The second-order valence-electron chi connectivity index (χ2n) is 5.02. The number of hydrogen-bond donors (Lipinski definition) is 1. The Morgan fingerprint density at radius 1 is 1.40 bits per heavy atom. The van der Waals surface area contributed by atoms with Gasteiger partial charge in [0.15, 0.2) is 5.69 Å². The first kappa shape index (κ1) is 13.3. The van der Waals surface area contributed by atoms with Crippen molar-refractivity contribution in [1.29, 1.82) is 0 Å². The fourth-order valence-corrected chi connectivity index (χ4v) is 3.21. The van der Waals surface area contributed by atoms with E-state index in [0.29, 0.717) is 12.2 Å². The molecule has 6 heteroatoms. The number of fused-ring (bicyclic) bond motifs is 1. The smallest absolute Gasteiger partial charge is 0.274 e. The Labute approximate surface area is 121 Å². The lowest BCUT2D eigenvalue weighted by Crippen LogP contribution is -2.23. The second-order valence-corrected chi connectivity index (χ2v) is 6.34. The van der Waals surface area contributed by atoms with E-state index in [2.05, 4.69) is 15.5 Å². The fourth-order valence-electron chi connectivity index (χ4n) is 2.48. The molecule has 20 heavy (non-hydrogen) atoms. The molecule has 106 valence electrons. The first-order valence-electron chi connectivity index (χ1n) is 6.91. The summed E-state index contributed by atoms with van der Waals surface area (Å²) in [5.41, 5.74) is 1.46. The zero-order chi connectivity index (χ0) is 13.9. The average molecular weight is 291 g/mol. The molecule has 0 fully saturated rings. The Bertz CT molecular complexity index is 618. The van der Waals surface area contributed by atoms with E-state index in [0.717, 1.165) is 46.9 Å². The molecule has 1 N–H and O–H groups in total. The van der Waals surface area contributed by atoms with Crippen LogP contribution in [0, 0.1) is 6.92 Å². The van der Waals surface area contributed by atoms with Crippen LogP contribution in [0.25, 0.3) is 0 Å². The first-order valence-corrected chi connectivity index (χ1v) is 7.72. The van der Waals surface area contributed by atoms with Gasteiger partial charge < -0.3 is 9.84 Å². The monoisotopic (exact) mass is 291 g/mol. The summed E-state index contributed by atoms with van der Waals surface area (Å²) >= 11 is 1.59. The van der Waals surface area contributed by atoms with Crippen molar-refractivity contribution in [2.45, 2.75) is 45.6 Å². The van der Waals surface area contributed by atoms with Gasteiger partial charge in [0.1, 0.15) is 5.76 Å². The predicted octanol–water partition coefficient (Wildman–Crippen LogP) is 2.64. The van der Waals surface area contributed by atoms with Crippen molar-refractivity contribution < 1.29 is 9.32 Å². The standard InChI is InChI=1S/C14H17N3O2S/c1-9-15-7-10(20-9)8-16-14(18)13-11-5-3-2-4-6-12(11)19-17-13/h7H,2-6,8H2,1H3,(H,16,18). The van der Waals surface area contributed by atoms with Crippen LogP contribution in [0.5, 0.6) is 0 Å². The molecule has 0 radical (unpaired) electrons. The molecule has 2 aromatic rings. The van der Waals surface area contributed by atoms with Gasteiger partial charge in [0.05, 0.1) is 11.6 Å².